The number of ether oxygens (including phenoxy) is 1. The van der Waals surface area contributed by atoms with E-state index in [9.17, 15) is 0 Å². The van der Waals surface area contributed by atoms with Gasteiger partial charge >= 0.3 is 0 Å². The third-order valence-electron chi connectivity index (χ3n) is 4.49. The molecule has 4 aromatic rings. The summed E-state index contributed by atoms with van der Waals surface area (Å²) in [5.74, 6) is 1.70. The van der Waals surface area contributed by atoms with Crippen molar-refractivity contribution in [1.82, 2.24) is 20.2 Å². The van der Waals surface area contributed by atoms with E-state index < -0.39 is 0 Å². The number of nitrogens with zero attached hydrogens (tertiary/aromatic N) is 5. The molecule has 7 nitrogen and oxygen atoms in total. The molecule has 140 valence electrons. The van der Waals surface area contributed by atoms with Crippen LogP contribution >= 0.6 is 0 Å². The molecule has 0 spiro atoms. The number of nitrogens with two attached hydrogens (primary N) is 1. The quantitative estimate of drug-likeness (QED) is 0.575. The molecular weight excluding hydrogens is 352 g/mol. The van der Waals surface area contributed by atoms with Crippen molar-refractivity contribution in [2.45, 2.75) is 6.54 Å². The highest BCUT2D eigenvalue weighted by Crippen LogP contribution is 2.24. The van der Waals surface area contributed by atoms with Crippen molar-refractivity contribution >= 4 is 22.4 Å². The zero-order valence-corrected chi connectivity index (χ0v) is 15.7. The first-order valence-electron chi connectivity index (χ1n) is 8.81. The van der Waals surface area contributed by atoms with Crippen LogP contribution in [0.1, 0.15) is 5.56 Å². The highest BCUT2D eigenvalue weighted by atomic mass is 16.5. The van der Waals surface area contributed by atoms with Gasteiger partial charge in [-0.25, -0.2) is 4.98 Å². The second-order valence-corrected chi connectivity index (χ2v) is 6.54. The number of rotatable bonds is 5. The normalized spacial score (nSPS) is 10.8. The van der Waals surface area contributed by atoms with Gasteiger partial charge in [-0.15, -0.1) is 0 Å². The molecule has 0 fully saturated rings. The third kappa shape index (κ3) is 3.68. The first kappa shape index (κ1) is 17.7. The molecule has 0 saturated carbocycles. The molecule has 0 amide bonds. The van der Waals surface area contributed by atoms with E-state index in [0.717, 1.165) is 34.6 Å². The maximum Gasteiger partial charge on any atom is 0.130 e. The molecule has 0 saturated heterocycles. The maximum absolute atomic E-state index is 5.79. The Bertz CT molecular complexity index is 1110. The van der Waals surface area contributed by atoms with Gasteiger partial charge in [0.05, 0.1) is 30.2 Å². The minimum absolute atomic E-state index is 0.568. The molecule has 4 rings (SSSR count). The second kappa shape index (κ2) is 7.48. The van der Waals surface area contributed by atoms with Crippen LogP contribution in [0.25, 0.3) is 22.2 Å². The summed E-state index contributed by atoms with van der Waals surface area (Å²) < 4.78 is 5.21. The monoisotopic (exact) mass is 372 g/mol. The standard InChI is InChI=1S/C21H20N6O/c1-27(13-14-3-5-18(28-2)6-4-14)21-9-19-15(11-24-21)7-16(10-23-19)20-8-17(22)12-25-26-20/h3-12H,13H2,1-2H3,(H2,22,26). The molecule has 0 bridgehead atoms. The summed E-state index contributed by atoms with van der Waals surface area (Å²) in [6.45, 7) is 0.736. The van der Waals surface area contributed by atoms with E-state index in [1.54, 1.807) is 19.4 Å². The Hall–Kier alpha value is -3.74. The van der Waals surface area contributed by atoms with Gasteiger partial charge in [0.2, 0.25) is 0 Å². The van der Waals surface area contributed by atoms with Gasteiger partial charge in [-0.3, -0.25) is 4.98 Å². The molecule has 0 aliphatic carbocycles. The van der Waals surface area contributed by atoms with Gasteiger partial charge in [0.1, 0.15) is 11.6 Å². The van der Waals surface area contributed by atoms with Crippen LogP contribution in [0.5, 0.6) is 5.75 Å². The smallest absolute Gasteiger partial charge is 0.130 e. The van der Waals surface area contributed by atoms with Crippen molar-refractivity contribution < 1.29 is 4.74 Å². The van der Waals surface area contributed by atoms with Crippen LogP contribution in [-0.4, -0.2) is 34.3 Å². The van der Waals surface area contributed by atoms with Crippen LogP contribution in [0.4, 0.5) is 11.5 Å². The van der Waals surface area contributed by atoms with Crippen LogP contribution < -0.4 is 15.4 Å². The molecule has 0 aliphatic heterocycles. The molecule has 0 atom stereocenters. The zero-order chi connectivity index (χ0) is 19.5. The van der Waals surface area contributed by atoms with Gasteiger partial charge in [-0.05, 0) is 29.8 Å². The van der Waals surface area contributed by atoms with Crippen LogP contribution in [0.3, 0.4) is 0 Å². The van der Waals surface area contributed by atoms with E-state index >= 15 is 0 Å². The summed E-state index contributed by atoms with van der Waals surface area (Å²) >= 11 is 0. The lowest BCUT2D eigenvalue weighted by Gasteiger charge is -2.18. The fourth-order valence-corrected chi connectivity index (χ4v) is 2.97. The van der Waals surface area contributed by atoms with E-state index in [2.05, 4.69) is 25.1 Å². The molecule has 3 aromatic heterocycles. The Kier molecular flexibility index (Phi) is 4.72. The summed E-state index contributed by atoms with van der Waals surface area (Å²) in [6, 6.07) is 13.8. The Balaban J connectivity index is 1.57. The molecule has 0 aliphatic rings. The van der Waals surface area contributed by atoms with Gasteiger partial charge in [-0.2, -0.15) is 10.2 Å². The summed E-state index contributed by atoms with van der Waals surface area (Å²) in [5, 5.41) is 8.94. The first-order chi connectivity index (χ1) is 13.6. The number of methoxy groups -OCH3 is 1. The Morgan fingerprint density at radius 1 is 1.00 bits per heavy atom. The topological polar surface area (TPSA) is 90.0 Å². The molecule has 1 aromatic carbocycles. The van der Waals surface area contributed by atoms with E-state index in [0.29, 0.717) is 11.4 Å². The van der Waals surface area contributed by atoms with Crippen molar-refractivity contribution in [2.75, 3.05) is 24.8 Å². The van der Waals surface area contributed by atoms with Crippen molar-refractivity contribution in [3.8, 4) is 17.0 Å². The molecular formula is C21H20N6O. The average molecular weight is 372 g/mol. The average Bonchev–Trinajstić information content (AvgIpc) is 2.73. The molecule has 7 heteroatoms. The SMILES string of the molecule is COc1ccc(CN(C)c2cc3ncc(-c4cc(N)cnn4)cc3cn2)cc1. The van der Waals surface area contributed by atoms with Gasteiger partial charge in [0, 0.05) is 43.0 Å². The lowest BCUT2D eigenvalue weighted by atomic mass is 10.1. The van der Waals surface area contributed by atoms with E-state index in [4.69, 9.17) is 10.5 Å². The largest absolute Gasteiger partial charge is 0.497 e. The van der Waals surface area contributed by atoms with Crippen molar-refractivity contribution in [3.63, 3.8) is 0 Å². The fourth-order valence-electron chi connectivity index (χ4n) is 2.97. The first-order valence-corrected chi connectivity index (χ1v) is 8.81. The number of pyridine rings is 2. The van der Waals surface area contributed by atoms with Crippen molar-refractivity contribution in [3.05, 3.63) is 66.6 Å². The Morgan fingerprint density at radius 3 is 2.57 bits per heavy atom. The zero-order valence-electron chi connectivity index (χ0n) is 15.7. The van der Waals surface area contributed by atoms with Gasteiger partial charge in [-0.1, -0.05) is 12.1 Å². The number of anilines is 2. The number of nitrogen functional groups attached to an aromatic ring is 1. The predicted octanol–water partition coefficient (Wildman–Crippen LogP) is 3.31. The Morgan fingerprint density at radius 2 is 1.82 bits per heavy atom. The van der Waals surface area contributed by atoms with Crippen LogP contribution in [0.2, 0.25) is 0 Å². The van der Waals surface area contributed by atoms with Crippen LogP contribution in [0.15, 0.2) is 61.1 Å². The second-order valence-electron chi connectivity index (χ2n) is 6.54. The minimum atomic E-state index is 0.568. The minimum Gasteiger partial charge on any atom is -0.497 e. The summed E-state index contributed by atoms with van der Waals surface area (Å²) in [4.78, 5) is 11.2. The number of hydrogen-bond acceptors (Lipinski definition) is 7. The van der Waals surface area contributed by atoms with E-state index in [1.165, 1.54) is 11.8 Å². The molecule has 0 radical (unpaired) electrons. The Labute approximate surface area is 162 Å². The number of hydrogen-bond donors (Lipinski definition) is 1. The fraction of sp³-hybridized carbons (Fsp3) is 0.143. The summed E-state index contributed by atoms with van der Waals surface area (Å²) in [5.41, 5.74) is 9.95. The van der Waals surface area contributed by atoms with Gasteiger partial charge in [0.15, 0.2) is 0 Å². The molecule has 28 heavy (non-hydrogen) atoms. The maximum atomic E-state index is 5.79. The van der Waals surface area contributed by atoms with Gasteiger partial charge in [0.25, 0.3) is 0 Å². The van der Waals surface area contributed by atoms with Crippen molar-refractivity contribution in [1.29, 1.82) is 0 Å². The molecule has 3 heterocycles. The summed E-state index contributed by atoms with van der Waals surface area (Å²) in [7, 11) is 3.67. The molecule has 0 unspecified atom stereocenters. The predicted molar refractivity (Wildman–Crippen MR) is 110 cm³/mol. The van der Waals surface area contributed by atoms with E-state index in [1.807, 2.05) is 49.6 Å². The van der Waals surface area contributed by atoms with Crippen LogP contribution in [0, 0.1) is 0 Å². The lowest BCUT2D eigenvalue weighted by molar-refractivity contribution is 0.414. The number of benzene rings is 1. The van der Waals surface area contributed by atoms with Crippen molar-refractivity contribution in [2.24, 2.45) is 0 Å². The molecule has 2 N–H and O–H groups in total. The third-order valence-corrected chi connectivity index (χ3v) is 4.49. The summed E-state index contributed by atoms with van der Waals surface area (Å²) in [6.07, 6.45) is 5.12. The lowest BCUT2D eigenvalue weighted by Crippen LogP contribution is -2.17. The number of aromatic nitrogens is 4. The highest BCUT2D eigenvalue weighted by Gasteiger charge is 2.08. The van der Waals surface area contributed by atoms with E-state index in [-0.39, 0.29) is 0 Å². The van der Waals surface area contributed by atoms with Crippen LogP contribution in [-0.2, 0) is 6.54 Å². The van der Waals surface area contributed by atoms with Gasteiger partial charge < -0.3 is 15.4 Å². The highest BCUT2D eigenvalue weighted by molar-refractivity contribution is 5.84. The number of fused-ring (bicyclic) bond motifs is 1.